The fraction of sp³-hybridized carbons (Fsp3) is 0.103. The van der Waals surface area contributed by atoms with Crippen LogP contribution in [0, 0.1) is 11.6 Å². The zero-order valence-corrected chi connectivity index (χ0v) is 21.0. The summed E-state index contributed by atoms with van der Waals surface area (Å²) in [5, 5.41) is 6.03. The van der Waals surface area contributed by atoms with E-state index in [1.54, 1.807) is 24.3 Å². The van der Waals surface area contributed by atoms with Crippen molar-refractivity contribution in [1.82, 2.24) is 10.6 Å². The Labute approximate surface area is 223 Å². The predicted octanol–water partition coefficient (Wildman–Crippen LogP) is 6.06. The number of hydrogen-bond acceptors (Lipinski definition) is 4. The maximum absolute atomic E-state index is 13.4. The SMILES string of the molecule is COc1ccc(C(NC(=O)c2ccc(F)cc2)NC(=O)c2ccc(F)cc2)cc1OCc1ccccc1Cl. The van der Waals surface area contributed by atoms with Crippen LogP contribution in [-0.4, -0.2) is 18.9 Å². The number of nitrogens with one attached hydrogen (secondary N) is 2. The van der Waals surface area contributed by atoms with Crippen molar-refractivity contribution in [3.8, 4) is 11.5 Å². The van der Waals surface area contributed by atoms with Gasteiger partial charge in [-0.3, -0.25) is 9.59 Å². The first-order valence-corrected chi connectivity index (χ1v) is 11.9. The minimum atomic E-state index is -1.03. The van der Waals surface area contributed by atoms with E-state index in [-0.39, 0.29) is 17.7 Å². The minimum absolute atomic E-state index is 0.147. The van der Waals surface area contributed by atoms with Gasteiger partial charge in [0.2, 0.25) is 0 Å². The topological polar surface area (TPSA) is 76.7 Å². The van der Waals surface area contributed by atoms with E-state index in [9.17, 15) is 18.4 Å². The van der Waals surface area contributed by atoms with Crippen LogP contribution in [-0.2, 0) is 6.61 Å². The fourth-order valence-electron chi connectivity index (χ4n) is 3.59. The molecule has 0 unspecified atom stereocenters. The summed E-state index contributed by atoms with van der Waals surface area (Å²) in [5.41, 5.74) is 1.60. The van der Waals surface area contributed by atoms with Crippen molar-refractivity contribution in [3.63, 3.8) is 0 Å². The summed E-state index contributed by atoms with van der Waals surface area (Å²) in [6.07, 6.45) is -1.03. The summed E-state index contributed by atoms with van der Waals surface area (Å²) in [4.78, 5) is 25.9. The van der Waals surface area contributed by atoms with Crippen LogP contribution < -0.4 is 20.1 Å². The van der Waals surface area contributed by atoms with Crippen molar-refractivity contribution < 1.29 is 27.8 Å². The molecule has 0 aliphatic heterocycles. The van der Waals surface area contributed by atoms with Gasteiger partial charge in [0.25, 0.3) is 11.8 Å². The fourth-order valence-corrected chi connectivity index (χ4v) is 3.78. The molecule has 38 heavy (non-hydrogen) atoms. The van der Waals surface area contributed by atoms with E-state index in [0.717, 1.165) is 29.8 Å². The molecule has 0 aliphatic rings. The van der Waals surface area contributed by atoms with Crippen LogP contribution in [0.15, 0.2) is 91.0 Å². The molecule has 0 spiro atoms. The highest BCUT2D eigenvalue weighted by Gasteiger charge is 2.21. The summed E-state index contributed by atoms with van der Waals surface area (Å²) in [5.74, 6) is -1.31. The third-order valence-electron chi connectivity index (χ3n) is 5.63. The quantitative estimate of drug-likeness (QED) is 0.255. The summed E-state index contributed by atoms with van der Waals surface area (Å²) in [7, 11) is 1.49. The average Bonchev–Trinajstić information content (AvgIpc) is 2.92. The second-order valence-corrected chi connectivity index (χ2v) is 8.59. The molecule has 194 valence electrons. The van der Waals surface area contributed by atoms with Crippen molar-refractivity contribution in [2.45, 2.75) is 12.8 Å². The summed E-state index contributed by atoms with van der Waals surface area (Å²) >= 11 is 6.24. The molecule has 0 heterocycles. The predicted molar refractivity (Wildman–Crippen MR) is 139 cm³/mol. The molecular formula is C29H23ClF2N2O4. The lowest BCUT2D eigenvalue weighted by Gasteiger charge is -2.22. The molecule has 2 amide bonds. The van der Waals surface area contributed by atoms with Crippen LogP contribution in [0.4, 0.5) is 8.78 Å². The molecule has 0 saturated carbocycles. The van der Waals surface area contributed by atoms with E-state index in [1.165, 1.54) is 31.4 Å². The van der Waals surface area contributed by atoms with Gasteiger partial charge >= 0.3 is 0 Å². The Balaban J connectivity index is 1.63. The molecule has 6 nitrogen and oxygen atoms in total. The largest absolute Gasteiger partial charge is 0.493 e. The highest BCUT2D eigenvalue weighted by atomic mass is 35.5. The molecule has 0 saturated heterocycles. The molecule has 0 aliphatic carbocycles. The van der Waals surface area contributed by atoms with E-state index in [0.29, 0.717) is 22.1 Å². The molecule has 0 aromatic heterocycles. The second-order valence-electron chi connectivity index (χ2n) is 8.18. The molecule has 4 aromatic carbocycles. The van der Waals surface area contributed by atoms with Crippen LogP contribution >= 0.6 is 11.6 Å². The Morgan fingerprint density at radius 1 is 0.789 bits per heavy atom. The zero-order valence-electron chi connectivity index (χ0n) is 20.2. The van der Waals surface area contributed by atoms with Crippen molar-refractivity contribution in [2.75, 3.05) is 7.11 Å². The van der Waals surface area contributed by atoms with Crippen LogP contribution in [0.5, 0.6) is 11.5 Å². The first kappa shape index (κ1) is 26.6. The van der Waals surface area contributed by atoms with Crippen LogP contribution in [0.1, 0.15) is 38.0 Å². The van der Waals surface area contributed by atoms with E-state index >= 15 is 0 Å². The number of halogens is 3. The number of carbonyl (C=O) groups excluding carboxylic acids is 2. The average molecular weight is 537 g/mol. The number of benzene rings is 4. The van der Waals surface area contributed by atoms with Gasteiger partial charge in [-0.05, 0) is 72.3 Å². The van der Waals surface area contributed by atoms with Gasteiger partial charge in [-0.2, -0.15) is 0 Å². The lowest BCUT2D eigenvalue weighted by molar-refractivity contribution is 0.0883. The molecule has 0 fully saturated rings. The van der Waals surface area contributed by atoms with E-state index in [4.69, 9.17) is 21.1 Å². The monoisotopic (exact) mass is 536 g/mol. The number of hydrogen-bond donors (Lipinski definition) is 2. The highest BCUT2D eigenvalue weighted by Crippen LogP contribution is 2.31. The van der Waals surface area contributed by atoms with Crippen molar-refractivity contribution in [2.24, 2.45) is 0 Å². The van der Waals surface area contributed by atoms with Crippen molar-refractivity contribution in [3.05, 3.63) is 130 Å². The molecule has 4 rings (SSSR count). The maximum Gasteiger partial charge on any atom is 0.253 e. The van der Waals surface area contributed by atoms with E-state index in [2.05, 4.69) is 10.6 Å². The zero-order chi connectivity index (χ0) is 27.1. The lowest BCUT2D eigenvalue weighted by Crippen LogP contribution is -2.41. The van der Waals surface area contributed by atoms with Gasteiger partial charge in [-0.25, -0.2) is 8.78 Å². The lowest BCUT2D eigenvalue weighted by atomic mass is 10.1. The molecule has 4 aromatic rings. The van der Waals surface area contributed by atoms with Crippen LogP contribution in [0.2, 0.25) is 5.02 Å². The standard InChI is InChI=1S/C29H23ClF2N2O4/c1-37-25-15-10-20(16-26(25)38-17-21-4-2-3-5-24(21)30)27(33-28(35)18-6-11-22(31)12-7-18)34-29(36)19-8-13-23(32)14-9-19/h2-16,27H,17H2,1H3,(H,33,35)(H,34,36). The second kappa shape index (κ2) is 12.2. The van der Waals surface area contributed by atoms with Gasteiger partial charge in [0, 0.05) is 21.7 Å². The number of carbonyl (C=O) groups is 2. The van der Waals surface area contributed by atoms with E-state index < -0.39 is 29.6 Å². The van der Waals surface area contributed by atoms with Crippen molar-refractivity contribution in [1.29, 1.82) is 0 Å². The Morgan fingerprint density at radius 2 is 1.34 bits per heavy atom. The molecule has 0 atom stereocenters. The van der Waals surface area contributed by atoms with Gasteiger partial charge in [-0.15, -0.1) is 0 Å². The Hall–Kier alpha value is -4.43. The first-order chi connectivity index (χ1) is 18.3. The summed E-state index contributed by atoms with van der Waals surface area (Å²) < 4.78 is 38.1. The first-order valence-electron chi connectivity index (χ1n) is 11.5. The third kappa shape index (κ3) is 6.66. The molecule has 0 radical (unpaired) electrons. The number of amides is 2. The van der Waals surface area contributed by atoms with Gasteiger partial charge in [-0.1, -0.05) is 35.9 Å². The third-order valence-corrected chi connectivity index (χ3v) is 5.99. The molecule has 2 N–H and O–H groups in total. The van der Waals surface area contributed by atoms with Gasteiger partial charge in [0.15, 0.2) is 11.5 Å². The van der Waals surface area contributed by atoms with Crippen molar-refractivity contribution >= 4 is 23.4 Å². The smallest absolute Gasteiger partial charge is 0.253 e. The van der Waals surface area contributed by atoms with Gasteiger partial charge in [0.05, 0.1) is 7.11 Å². The van der Waals surface area contributed by atoms with Gasteiger partial charge in [0.1, 0.15) is 24.4 Å². The number of rotatable bonds is 9. The maximum atomic E-state index is 13.4. The van der Waals surface area contributed by atoms with E-state index in [1.807, 2.05) is 18.2 Å². The Kier molecular flexibility index (Phi) is 8.55. The molecule has 0 bridgehead atoms. The number of ether oxygens (including phenoxy) is 2. The van der Waals surface area contributed by atoms with Crippen LogP contribution in [0.25, 0.3) is 0 Å². The Morgan fingerprint density at radius 3 is 1.87 bits per heavy atom. The summed E-state index contributed by atoms with van der Waals surface area (Å²) in [6, 6.07) is 22.1. The molecular weight excluding hydrogens is 514 g/mol. The Bertz CT molecular complexity index is 1370. The normalized spacial score (nSPS) is 10.7. The summed E-state index contributed by atoms with van der Waals surface area (Å²) in [6.45, 7) is 0.147. The van der Waals surface area contributed by atoms with Crippen LogP contribution in [0.3, 0.4) is 0 Å². The highest BCUT2D eigenvalue weighted by molar-refractivity contribution is 6.31. The van der Waals surface area contributed by atoms with Gasteiger partial charge < -0.3 is 20.1 Å². The molecule has 9 heteroatoms. The minimum Gasteiger partial charge on any atom is -0.493 e. The number of methoxy groups -OCH3 is 1.